The lowest BCUT2D eigenvalue weighted by Gasteiger charge is -2.37. The van der Waals surface area contributed by atoms with Crippen LogP contribution in [-0.2, 0) is 11.3 Å². The molecule has 0 saturated carbocycles. The second-order valence-corrected chi connectivity index (χ2v) is 10.6. The summed E-state index contributed by atoms with van der Waals surface area (Å²) in [6.45, 7) is 7.12. The van der Waals surface area contributed by atoms with Crippen molar-refractivity contribution in [2.24, 2.45) is 5.92 Å². The van der Waals surface area contributed by atoms with Gasteiger partial charge in [-0.3, -0.25) is 4.79 Å². The number of rotatable bonds is 8. The van der Waals surface area contributed by atoms with E-state index in [1.807, 2.05) is 66.4 Å². The van der Waals surface area contributed by atoms with E-state index >= 15 is 0 Å². The summed E-state index contributed by atoms with van der Waals surface area (Å²) in [4.78, 5) is 18.7. The first kappa shape index (κ1) is 24.7. The van der Waals surface area contributed by atoms with Gasteiger partial charge in [0.2, 0.25) is 0 Å². The Bertz CT molecular complexity index is 1230. The predicted octanol–water partition coefficient (Wildman–Crippen LogP) is 6.64. The lowest BCUT2D eigenvalue weighted by molar-refractivity contribution is 0.0726. The number of aromatic amines is 1. The fraction of sp³-hybridized carbons (Fsp3) is 0.269. The van der Waals surface area contributed by atoms with Crippen molar-refractivity contribution in [2.45, 2.75) is 37.9 Å². The number of hydrogen-bond donors (Lipinski definition) is 2. The Morgan fingerprint density at radius 2 is 1.76 bits per heavy atom. The first-order valence-corrected chi connectivity index (χ1v) is 12.6. The molecule has 1 aromatic heterocycles. The molecular formula is C26H27Cl2N3O2S. The number of allylic oxidation sites excluding steroid dienone is 1. The zero-order valence-corrected chi connectivity index (χ0v) is 21.6. The lowest BCUT2D eigenvalue weighted by atomic mass is 10.1. The molecule has 0 spiro atoms. The van der Waals surface area contributed by atoms with Gasteiger partial charge in [-0.05, 0) is 48.7 Å². The molecule has 34 heavy (non-hydrogen) atoms. The Kier molecular flexibility index (Phi) is 7.63. The van der Waals surface area contributed by atoms with Crippen molar-refractivity contribution < 1.29 is 4.74 Å². The number of ether oxygens (including phenoxy) is 1. The highest BCUT2D eigenvalue weighted by molar-refractivity contribution is 8.03. The number of pyridine rings is 1. The van der Waals surface area contributed by atoms with Crippen LogP contribution in [0.25, 0.3) is 0 Å². The van der Waals surface area contributed by atoms with Gasteiger partial charge >= 0.3 is 0 Å². The van der Waals surface area contributed by atoms with Crippen LogP contribution >= 0.6 is 35.0 Å². The third kappa shape index (κ3) is 5.47. The second kappa shape index (κ2) is 10.5. The van der Waals surface area contributed by atoms with Crippen LogP contribution in [0.3, 0.4) is 0 Å². The summed E-state index contributed by atoms with van der Waals surface area (Å²) >= 11 is 14.1. The summed E-state index contributed by atoms with van der Waals surface area (Å²) < 4.78 is 6.17. The molecule has 2 heterocycles. The molecule has 1 aliphatic heterocycles. The van der Waals surface area contributed by atoms with Gasteiger partial charge in [-0.25, -0.2) is 0 Å². The molecular weight excluding hydrogens is 489 g/mol. The summed E-state index contributed by atoms with van der Waals surface area (Å²) in [5.41, 5.74) is 1.79. The maximum atomic E-state index is 12.9. The van der Waals surface area contributed by atoms with Gasteiger partial charge in [-0.2, -0.15) is 0 Å². The van der Waals surface area contributed by atoms with Crippen LogP contribution < -0.4 is 15.8 Å². The van der Waals surface area contributed by atoms with Gasteiger partial charge in [-0.1, -0.05) is 79.1 Å². The van der Waals surface area contributed by atoms with E-state index in [0.717, 1.165) is 21.2 Å². The van der Waals surface area contributed by atoms with Crippen molar-refractivity contribution in [3.63, 3.8) is 0 Å². The van der Waals surface area contributed by atoms with Gasteiger partial charge in [0, 0.05) is 26.8 Å². The number of aromatic nitrogens is 1. The Hall–Kier alpha value is -2.38. The highest BCUT2D eigenvalue weighted by Crippen LogP contribution is 2.44. The lowest BCUT2D eigenvalue weighted by Crippen LogP contribution is -2.55. The van der Waals surface area contributed by atoms with E-state index in [-0.39, 0.29) is 11.5 Å². The van der Waals surface area contributed by atoms with Gasteiger partial charge in [0.25, 0.3) is 5.56 Å². The van der Waals surface area contributed by atoms with Crippen LogP contribution in [0.2, 0.25) is 10.0 Å². The van der Waals surface area contributed by atoms with E-state index < -0.39 is 5.66 Å². The Morgan fingerprint density at radius 3 is 2.41 bits per heavy atom. The molecule has 0 aliphatic carbocycles. The van der Waals surface area contributed by atoms with Gasteiger partial charge < -0.3 is 19.9 Å². The highest BCUT2D eigenvalue weighted by atomic mass is 35.5. The molecule has 2 aromatic carbocycles. The van der Waals surface area contributed by atoms with Crippen molar-refractivity contribution in [3.05, 3.63) is 104 Å². The van der Waals surface area contributed by atoms with E-state index in [9.17, 15) is 4.79 Å². The average Bonchev–Trinajstić information content (AvgIpc) is 3.06. The SMILES string of the molecule is CC(C)C1=C(Sc2cc(Cl)cc(Cl)c2)N(c2ccc[nH]c2=O)C(C)(COCc2ccccc2)N1. The van der Waals surface area contributed by atoms with Crippen LogP contribution in [0.5, 0.6) is 0 Å². The van der Waals surface area contributed by atoms with Gasteiger partial charge in [0.05, 0.1) is 13.2 Å². The molecule has 0 amide bonds. The van der Waals surface area contributed by atoms with E-state index in [1.54, 1.807) is 12.3 Å². The largest absolute Gasteiger partial charge is 0.372 e. The summed E-state index contributed by atoms with van der Waals surface area (Å²) in [7, 11) is 0. The Labute approximate surface area is 214 Å². The number of anilines is 1. The smallest absolute Gasteiger partial charge is 0.271 e. The van der Waals surface area contributed by atoms with Crippen molar-refractivity contribution in [3.8, 4) is 0 Å². The summed E-state index contributed by atoms with van der Waals surface area (Å²) in [5.74, 6) is 0.179. The maximum Gasteiger partial charge on any atom is 0.271 e. The summed E-state index contributed by atoms with van der Waals surface area (Å²) in [5, 5.41) is 5.70. The third-order valence-corrected chi connectivity index (χ3v) is 7.00. The molecule has 4 rings (SSSR count). The molecule has 0 bridgehead atoms. The van der Waals surface area contributed by atoms with Crippen molar-refractivity contribution in [1.82, 2.24) is 10.3 Å². The fourth-order valence-electron chi connectivity index (χ4n) is 3.94. The quantitative estimate of drug-likeness (QED) is 0.352. The van der Waals surface area contributed by atoms with Gasteiger partial charge in [0.1, 0.15) is 16.4 Å². The average molecular weight is 516 g/mol. The van der Waals surface area contributed by atoms with Gasteiger partial charge in [0.15, 0.2) is 0 Å². The molecule has 8 heteroatoms. The number of nitrogens with zero attached hydrogens (tertiary/aromatic N) is 1. The molecule has 0 saturated heterocycles. The van der Waals surface area contributed by atoms with E-state index in [0.29, 0.717) is 28.9 Å². The number of halogens is 2. The van der Waals surface area contributed by atoms with Crippen molar-refractivity contribution in [1.29, 1.82) is 0 Å². The van der Waals surface area contributed by atoms with Crippen LogP contribution in [0.4, 0.5) is 5.69 Å². The Balaban J connectivity index is 1.72. The molecule has 1 unspecified atom stereocenters. The predicted molar refractivity (Wildman–Crippen MR) is 141 cm³/mol. The third-order valence-electron chi connectivity index (χ3n) is 5.49. The minimum Gasteiger partial charge on any atom is -0.372 e. The molecule has 1 atom stereocenters. The van der Waals surface area contributed by atoms with Crippen molar-refractivity contribution in [2.75, 3.05) is 11.5 Å². The van der Waals surface area contributed by atoms with Crippen LogP contribution in [0.1, 0.15) is 26.3 Å². The van der Waals surface area contributed by atoms with Gasteiger partial charge in [-0.15, -0.1) is 0 Å². The summed E-state index contributed by atoms with van der Waals surface area (Å²) in [6, 6.07) is 19.1. The summed E-state index contributed by atoms with van der Waals surface area (Å²) in [6.07, 6.45) is 1.63. The highest BCUT2D eigenvalue weighted by Gasteiger charge is 2.44. The molecule has 2 N–H and O–H groups in total. The standard InChI is InChI=1S/C26H27Cl2N3O2S/c1-17(2)23-25(34-21-13-19(27)12-20(28)14-21)31(22-10-7-11-29-24(22)32)26(3,30-23)16-33-15-18-8-5-4-6-9-18/h4-14,17,30H,15-16H2,1-3H3,(H,29,32). The first-order chi connectivity index (χ1) is 16.3. The Morgan fingerprint density at radius 1 is 1.06 bits per heavy atom. The number of benzene rings is 2. The van der Waals surface area contributed by atoms with Crippen LogP contribution in [-0.4, -0.2) is 17.3 Å². The molecule has 0 radical (unpaired) electrons. The second-order valence-electron chi connectivity index (χ2n) is 8.68. The first-order valence-electron chi connectivity index (χ1n) is 11.0. The zero-order valence-electron chi connectivity index (χ0n) is 19.3. The fourth-order valence-corrected chi connectivity index (χ4v) is 5.98. The van der Waals surface area contributed by atoms with Crippen LogP contribution in [0, 0.1) is 5.92 Å². The number of nitrogens with one attached hydrogen (secondary N) is 2. The van der Waals surface area contributed by atoms with E-state index in [2.05, 4.69) is 24.1 Å². The molecule has 3 aromatic rings. The molecule has 5 nitrogen and oxygen atoms in total. The minimum atomic E-state index is -0.687. The maximum absolute atomic E-state index is 12.9. The molecule has 178 valence electrons. The zero-order chi connectivity index (χ0) is 24.3. The van der Waals surface area contributed by atoms with E-state index in [1.165, 1.54) is 11.8 Å². The van der Waals surface area contributed by atoms with Crippen LogP contribution in [0.15, 0.2) is 87.3 Å². The monoisotopic (exact) mass is 515 g/mol. The molecule has 0 fully saturated rings. The van der Waals surface area contributed by atoms with Crippen molar-refractivity contribution >= 4 is 40.7 Å². The number of thioether (sulfide) groups is 1. The number of H-pyrrole nitrogens is 1. The van der Waals surface area contributed by atoms with E-state index in [4.69, 9.17) is 27.9 Å². The minimum absolute atomic E-state index is 0.175. The normalized spacial score (nSPS) is 18.0. The molecule has 1 aliphatic rings. The number of hydrogen-bond acceptors (Lipinski definition) is 5. The topological polar surface area (TPSA) is 57.4 Å².